The number of phenolic OH excluding ortho intramolecular Hbond substituents is 1. The van der Waals surface area contributed by atoms with Crippen molar-refractivity contribution in [3.05, 3.63) is 23.8 Å². The maximum atomic E-state index is 9.58. The van der Waals surface area contributed by atoms with Crippen molar-refractivity contribution in [3.63, 3.8) is 0 Å². The second-order valence-electron chi connectivity index (χ2n) is 6.58. The van der Waals surface area contributed by atoms with Crippen molar-refractivity contribution in [3.8, 4) is 11.5 Å². The molecule has 1 heterocycles. The summed E-state index contributed by atoms with van der Waals surface area (Å²) < 4.78 is 5.81. The zero-order chi connectivity index (χ0) is 14.1. The number of benzene rings is 1. The molecule has 110 valence electrons. The van der Waals surface area contributed by atoms with Crippen LogP contribution in [0.25, 0.3) is 0 Å². The van der Waals surface area contributed by atoms with E-state index in [0.29, 0.717) is 23.8 Å². The van der Waals surface area contributed by atoms with Crippen LogP contribution in [0.4, 0.5) is 0 Å². The predicted molar refractivity (Wildman–Crippen MR) is 80.1 cm³/mol. The van der Waals surface area contributed by atoms with E-state index in [2.05, 4.69) is 18.7 Å². The molecule has 1 saturated carbocycles. The van der Waals surface area contributed by atoms with Crippen LogP contribution in [-0.4, -0.2) is 29.2 Å². The fourth-order valence-electron chi connectivity index (χ4n) is 3.64. The van der Waals surface area contributed by atoms with Gasteiger partial charge in [-0.1, -0.05) is 26.7 Å². The molecule has 1 aromatic carbocycles. The van der Waals surface area contributed by atoms with E-state index >= 15 is 0 Å². The highest BCUT2D eigenvalue weighted by Gasteiger charge is 2.35. The van der Waals surface area contributed by atoms with Gasteiger partial charge in [-0.15, -0.1) is 0 Å². The van der Waals surface area contributed by atoms with E-state index in [0.717, 1.165) is 18.9 Å². The van der Waals surface area contributed by atoms with E-state index in [1.54, 1.807) is 12.1 Å². The van der Waals surface area contributed by atoms with Crippen molar-refractivity contribution in [1.29, 1.82) is 0 Å². The maximum absolute atomic E-state index is 9.58. The lowest BCUT2D eigenvalue weighted by Crippen LogP contribution is -2.40. The number of aromatic hydroxyl groups is 1. The molecular formula is C17H25NO2. The largest absolute Gasteiger partial charge is 0.508 e. The van der Waals surface area contributed by atoms with Gasteiger partial charge in [0.25, 0.3) is 0 Å². The zero-order valence-corrected chi connectivity index (χ0v) is 12.5. The Morgan fingerprint density at radius 1 is 1.30 bits per heavy atom. The fraction of sp³-hybridized carbons (Fsp3) is 0.647. The molecule has 3 heteroatoms. The molecule has 1 N–H and O–H groups in total. The molecule has 2 aliphatic rings. The molecular weight excluding hydrogens is 250 g/mol. The molecule has 1 aliphatic carbocycles. The van der Waals surface area contributed by atoms with Crippen LogP contribution < -0.4 is 4.74 Å². The van der Waals surface area contributed by atoms with Crippen molar-refractivity contribution >= 4 is 0 Å². The van der Waals surface area contributed by atoms with Gasteiger partial charge in [-0.3, -0.25) is 4.90 Å². The van der Waals surface area contributed by atoms with Crippen LogP contribution in [0, 0.1) is 5.92 Å². The number of hydrogen-bond donors (Lipinski definition) is 1. The smallest absolute Gasteiger partial charge is 0.127 e. The summed E-state index contributed by atoms with van der Waals surface area (Å²) in [7, 11) is 0. The average Bonchev–Trinajstić information content (AvgIpc) is 3.04. The first-order valence-corrected chi connectivity index (χ1v) is 7.86. The SMILES string of the molecule is CC(C)CN(C1CCCC1)C1COc2cc(O)ccc21. The van der Waals surface area contributed by atoms with Gasteiger partial charge < -0.3 is 9.84 Å². The van der Waals surface area contributed by atoms with Gasteiger partial charge in [-0.05, 0) is 30.9 Å². The van der Waals surface area contributed by atoms with Crippen LogP contribution >= 0.6 is 0 Å². The zero-order valence-electron chi connectivity index (χ0n) is 12.5. The van der Waals surface area contributed by atoms with E-state index in [1.165, 1.54) is 31.2 Å². The molecule has 0 saturated heterocycles. The minimum atomic E-state index is 0.292. The summed E-state index contributed by atoms with van der Waals surface area (Å²) in [4.78, 5) is 2.65. The average molecular weight is 275 g/mol. The first-order valence-electron chi connectivity index (χ1n) is 7.86. The molecule has 1 atom stereocenters. The number of ether oxygens (including phenoxy) is 1. The summed E-state index contributed by atoms with van der Waals surface area (Å²) in [6, 6.07) is 6.62. The Morgan fingerprint density at radius 2 is 2.05 bits per heavy atom. The number of rotatable bonds is 4. The molecule has 20 heavy (non-hydrogen) atoms. The minimum absolute atomic E-state index is 0.292. The second-order valence-corrected chi connectivity index (χ2v) is 6.58. The number of phenols is 1. The predicted octanol–water partition coefficient (Wildman–Crippen LogP) is 3.73. The topological polar surface area (TPSA) is 32.7 Å². The molecule has 1 aromatic rings. The lowest BCUT2D eigenvalue weighted by molar-refractivity contribution is 0.0997. The van der Waals surface area contributed by atoms with Crippen molar-refractivity contribution in [2.45, 2.75) is 51.6 Å². The van der Waals surface area contributed by atoms with Gasteiger partial charge in [-0.2, -0.15) is 0 Å². The summed E-state index contributed by atoms with van der Waals surface area (Å²) in [5, 5.41) is 9.58. The molecule has 0 bridgehead atoms. The first kappa shape index (κ1) is 13.7. The summed E-state index contributed by atoms with van der Waals surface area (Å²) in [5.41, 5.74) is 1.25. The lowest BCUT2D eigenvalue weighted by Gasteiger charge is -2.35. The van der Waals surface area contributed by atoms with Crippen molar-refractivity contribution < 1.29 is 9.84 Å². The standard InChI is InChI=1S/C17H25NO2/c1-12(2)10-18(13-5-3-4-6-13)16-11-20-17-9-14(19)7-8-15(16)17/h7-9,12-13,16,19H,3-6,10-11H2,1-2H3. The van der Waals surface area contributed by atoms with E-state index in [9.17, 15) is 5.11 Å². The Labute approximate surface area is 121 Å². The summed E-state index contributed by atoms with van der Waals surface area (Å²) in [5.74, 6) is 1.82. The molecule has 3 rings (SSSR count). The summed E-state index contributed by atoms with van der Waals surface area (Å²) >= 11 is 0. The monoisotopic (exact) mass is 275 g/mol. The van der Waals surface area contributed by atoms with Gasteiger partial charge in [0.05, 0.1) is 6.04 Å². The van der Waals surface area contributed by atoms with Gasteiger partial charge in [0.2, 0.25) is 0 Å². The van der Waals surface area contributed by atoms with E-state index in [-0.39, 0.29) is 0 Å². The Kier molecular flexibility index (Phi) is 3.88. The van der Waals surface area contributed by atoms with E-state index in [4.69, 9.17) is 4.74 Å². The molecule has 0 radical (unpaired) electrons. The summed E-state index contributed by atoms with van der Waals surface area (Å²) in [6.45, 7) is 6.42. The highest BCUT2D eigenvalue weighted by atomic mass is 16.5. The highest BCUT2D eigenvalue weighted by Crippen LogP contribution is 2.41. The highest BCUT2D eigenvalue weighted by molar-refractivity contribution is 5.44. The normalized spacial score (nSPS) is 22.5. The second kappa shape index (κ2) is 5.65. The van der Waals surface area contributed by atoms with E-state index < -0.39 is 0 Å². The third kappa shape index (κ3) is 2.64. The van der Waals surface area contributed by atoms with Gasteiger partial charge >= 0.3 is 0 Å². The van der Waals surface area contributed by atoms with Crippen molar-refractivity contribution in [2.24, 2.45) is 5.92 Å². The van der Waals surface area contributed by atoms with Crippen LogP contribution in [0.1, 0.15) is 51.1 Å². The fourth-order valence-corrected chi connectivity index (χ4v) is 3.64. The van der Waals surface area contributed by atoms with Crippen LogP contribution in [-0.2, 0) is 0 Å². The molecule has 0 spiro atoms. The van der Waals surface area contributed by atoms with Crippen molar-refractivity contribution in [2.75, 3.05) is 13.2 Å². The lowest BCUT2D eigenvalue weighted by atomic mass is 10.0. The van der Waals surface area contributed by atoms with Crippen LogP contribution in [0.15, 0.2) is 18.2 Å². The molecule has 3 nitrogen and oxygen atoms in total. The number of fused-ring (bicyclic) bond motifs is 1. The molecule has 1 fully saturated rings. The van der Waals surface area contributed by atoms with Crippen LogP contribution in [0.2, 0.25) is 0 Å². The van der Waals surface area contributed by atoms with Crippen LogP contribution in [0.3, 0.4) is 0 Å². The molecule has 1 unspecified atom stereocenters. The van der Waals surface area contributed by atoms with Crippen molar-refractivity contribution in [1.82, 2.24) is 4.90 Å². The molecule has 0 amide bonds. The quantitative estimate of drug-likeness (QED) is 0.909. The van der Waals surface area contributed by atoms with Gasteiger partial charge in [0, 0.05) is 24.2 Å². The van der Waals surface area contributed by atoms with Crippen LogP contribution in [0.5, 0.6) is 11.5 Å². The van der Waals surface area contributed by atoms with Gasteiger partial charge in [0.1, 0.15) is 18.1 Å². The minimum Gasteiger partial charge on any atom is -0.508 e. The van der Waals surface area contributed by atoms with Gasteiger partial charge in [-0.25, -0.2) is 0 Å². The third-order valence-corrected chi connectivity index (χ3v) is 4.52. The van der Waals surface area contributed by atoms with Gasteiger partial charge in [0.15, 0.2) is 0 Å². The van der Waals surface area contributed by atoms with E-state index in [1.807, 2.05) is 6.07 Å². The third-order valence-electron chi connectivity index (χ3n) is 4.52. The Hall–Kier alpha value is -1.22. The Morgan fingerprint density at radius 3 is 2.75 bits per heavy atom. The molecule has 0 aromatic heterocycles. The molecule has 1 aliphatic heterocycles. The number of hydrogen-bond acceptors (Lipinski definition) is 3. The maximum Gasteiger partial charge on any atom is 0.127 e. The summed E-state index contributed by atoms with van der Waals surface area (Å²) in [6.07, 6.45) is 5.35. The number of nitrogens with zero attached hydrogens (tertiary/aromatic N) is 1. The first-order chi connectivity index (χ1) is 9.65. The Balaban J connectivity index is 1.85. The Bertz CT molecular complexity index is 466.